The highest BCUT2D eigenvalue weighted by Crippen LogP contribution is 2.30. The molecular weight excluding hydrogens is 445 g/mol. The van der Waals surface area contributed by atoms with Crippen molar-refractivity contribution in [1.29, 1.82) is 0 Å². The molecule has 9 nitrogen and oxygen atoms in total. The molecule has 1 aromatic heterocycles. The number of halogens is 2. The van der Waals surface area contributed by atoms with Crippen LogP contribution in [0.3, 0.4) is 0 Å². The van der Waals surface area contributed by atoms with Gasteiger partial charge in [0.05, 0.1) is 30.6 Å². The molecule has 3 aromatic rings. The molecule has 2 aromatic carbocycles. The van der Waals surface area contributed by atoms with Crippen LogP contribution >= 0.6 is 23.2 Å². The van der Waals surface area contributed by atoms with Crippen LogP contribution in [0.25, 0.3) is 0 Å². The highest BCUT2D eigenvalue weighted by atomic mass is 35.5. The van der Waals surface area contributed by atoms with Crippen LogP contribution < -0.4 is 20.1 Å². The second-order valence-corrected chi connectivity index (χ2v) is 7.22. The fraction of sp³-hybridized carbons (Fsp3) is 0.200. The Morgan fingerprint density at radius 2 is 1.77 bits per heavy atom. The van der Waals surface area contributed by atoms with Gasteiger partial charge in [-0.15, -0.1) is 5.10 Å². The lowest BCUT2D eigenvalue weighted by Crippen LogP contribution is -2.21. The van der Waals surface area contributed by atoms with Crippen LogP contribution in [0.15, 0.2) is 36.4 Å². The summed E-state index contributed by atoms with van der Waals surface area (Å²) in [6.07, 6.45) is 0. The monoisotopic (exact) mass is 463 g/mol. The van der Waals surface area contributed by atoms with E-state index in [1.54, 1.807) is 37.3 Å². The Kier molecular flexibility index (Phi) is 6.98. The molecule has 0 aliphatic rings. The Morgan fingerprint density at radius 1 is 1.03 bits per heavy atom. The SMILES string of the molecule is COc1ccc(NC(=O)Cn2nnc(C(=O)Nc3cc(Cl)ccc3Cl)c2C)cc1OC. The van der Waals surface area contributed by atoms with Crippen molar-refractivity contribution in [2.24, 2.45) is 0 Å². The maximum Gasteiger partial charge on any atom is 0.278 e. The van der Waals surface area contributed by atoms with Crippen LogP contribution in [-0.2, 0) is 11.3 Å². The van der Waals surface area contributed by atoms with Gasteiger partial charge in [-0.2, -0.15) is 0 Å². The first-order chi connectivity index (χ1) is 14.8. The lowest BCUT2D eigenvalue weighted by atomic mass is 10.2. The zero-order valence-corrected chi connectivity index (χ0v) is 18.4. The van der Waals surface area contributed by atoms with E-state index in [9.17, 15) is 9.59 Å². The molecule has 3 rings (SSSR count). The van der Waals surface area contributed by atoms with Crippen molar-refractivity contribution >= 4 is 46.4 Å². The molecule has 0 radical (unpaired) electrons. The lowest BCUT2D eigenvalue weighted by Gasteiger charge is -2.11. The Hall–Kier alpha value is -3.30. The average molecular weight is 464 g/mol. The molecule has 0 spiro atoms. The van der Waals surface area contributed by atoms with Gasteiger partial charge >= 0.3 is 0 Å². The predicted octanol–water partition coefficient (Wildman–Crippen LogP) is 3.80. The normalized spacial score (nSPS) is 10.5. The van der Waals surface area contributed by atoms with Crippen LogP contribution in [0.2, 0.25) is 10.0 Å². The number of anilines is 2. The summed E-state index contributed by atoms with van der Waals surface area (Å²) in [7, 11) is 3.03. The predicted molar refractivity (Wildman–Crippen MR) is 117 cm³/mol. The Morgan fingerprint density at radius 3 is 2.48 bits per heavy atom. The zero-order chi connectivity index (χ0) is 22.5. The van der Waals surface area contributed by atoms with Crippen molar-refractivity contribution in [3.05, 3.63) is 57.8 Å². The van der Waals surface area contributed by atoms with Gasteiger partial charge in [0.1, 0.15) is 6.54 Å². The topological polar surface area (TPSA) is 107 Å². The number of carbonyl (C=O) groups is 2. The molecule has 0 unspecified atom stereocenters. The Balaban J connectivity index is 1.69. The van der Waals surface area contributed by atoms with E-state index in [1.165, 1.54) is 25.0 Å². The summed E-state index contributed by atoms with van der Waals surface area (Å²) in [6.45, 7) is 1.50. The highest BCUT2D eigenvalue weighted by Gasteiger charge is 2.19. The third kappa shape index (κ3) is 5.25. The number of amides is 2. The van der Waals surface area contributed by atoms with Gasteiger partial charge in [-0.05, 0) is 37.3 Å². The van der Waals surface area contributed by atoms with Gasteiger partial charge in [-0.25, -0.2) is 4.68 Å². The van der Waals surface area contributed by atoms with Gasteiger partial charge in [-0.3, -0.25) is 9.59 Å². The molecule has 0 saturated carbocycles. The third-order valence-electron chi connectivity index (χ3n) is 4.33. The molecule has 0 aliphatic carbocycles. The number of benzene rings is 2. The number of nitrogens with one attached hydrogen (secondary N) is 2. The summed E-state index contributed by atoms with van der Waals surface area (Å²) < 4.78 is 11.7. The molecule has 31 heavy (non-hydrogen) atoms. The van der Waals surface area contributed by atoms with Gasteiger partial charge < -0.3 is 20.1 Å². The number of ether oxygens (including phenoxy) is 2. The second kappa shape index (κ2) is 9.67. The van der Waals surface area contributed by atoms with Gasteiger partial charge in [-0.1, -0.05) is 28.4 Å². The minimum absolute atomic E-state index is 0.0648. The van der Waals surface area contributed by atoms with E-state index in [4.69, 9.17) is 32.7 Å². The van der Waals surface area contributed by atoms with E-state index >= 15 is 0 Å². The van der Waals surface area contributed by atoms with Crippen LogP contribution in [0.1, 0.15) is 16.2 Å². The van der Waals surface area contributed by atoms with Crippen molar-refractivity contribution < 1.29 is 19.1 Å². The molecule has 0 saturated heterocycles. The number of carbonyl (C=O) groups excluding carboxylic acids is 2. The molecule has 11 heteroatoms. The molecule has 1 heterocycles. The van der Waals surface area contributed by atoms with Crippen molar-refractivity contribution in [2.45, 2.75) is 13.5 Å². The maximum atomic E-state index is 12.6. The Bertz CT molecular complexity index is 1130. The zero-order valence-electron chi connectivity index (χ0n) is 16.9. The minimum atomic E-state index is -0.520. The first-order valence-electron chi connectivity index (χ1n) is 9.00. The smallest absolute Gasteiger partial charge is 0.278 e. The van der Waals surface area contributed by atoms with Crippen LogP contribution in [0.4, 0.5) is 11.4 Å². The summed E-state index contributed by atoms with van der Waals surface area (Å²) in [5.74, 6) is 0.150. The summed E-state index contributed by atoms with van der Waals surface area (Å²) in [4.78, 5) is 25.0. The van der Waals surface area contributed by atoms with E-state index in [0.29, 0.717) is 38.6 Å². The fourth-order valence-electron chi connectivity index (χ4n) is 2.75. The van der Waals surface area contributed by atoms with Gasteiger partial charge in [0.2, 0.25) is 5.91 Å². The summed E-state index contributed by atoms with van der Waals surface area (Å²) in [6, 6.07) is 9.70. The van der Waals surface area contributed by atoms with Crippen molar-refractivity contribution in [1.82, 2.24) is 15.0 Å². The summed E-state index contributed by atoms with van der Waals surface area (Å²) >= 11 is 12.0. The molecule has 0 fully saturated rings. The number of aromatic nitrogens is 3. The largest absolute Gasteiger partial charge is 0.493 e. The van der Waals surface area contributed by atoms with Gasteiger partial charge in [0, 0.05) is 16.8 Å². The maximum absolute atomic E-state index is 12.6. The summed E-state index contributed by atoms with van der Waals surface area (Å²) in [5, 5.41) is 13.9. The molecule has 0 atom stereocenters. The number of methoxy groups -OCH3 is 2. The van der Waals surface area contributed by atoms with Crippen LogP contribution in [0, 0.1) is 6.92 Å². The first kappa shape index (κ1) is 22.4. The average Bonchev–Trinajstić information content (AvgIpc) is 3.10. The third-order valence-corrected chi connectivity index (χ3v) is 4.90. The van der Waals surface area contributed by atoms with E-state index in [-0.39, 0.29) is 18.1 Å². The number of rotatable bonds is 7. The number of hydrogen-bond donors (Lipinski definition) is 2. The quantitative estimate of drug-likeness (QED) is 0.551. The summed E-state index contributed by atoms with van der Waals surface area (Å²) in [5.41, 5.74) is 1.35. The van der Waals surface area contributed by atoms with E-state index < -0.39 is 5.91 Å². The molecular formula is C20H19Cl2N5O4. The first-order valence-corrected chi connectivity index (χ1v) is 9.76. The van der Waals surface area contributed by atoms with Gasteiger partial charge in [0.15, 0.2) is 17.2 Å². The van der Waals surface area contributed by atoms with Crippen molar-refractivity contribution in [3.8, 4) is 11.5 Å². The fourth-order valence-corrected chi connectivity index (χ4v) is 3.08. The molecule has 2 amide bonds. The van der Waals surface area contributed by atoms with Crippen molar-refractivity contribution in [2.75, 3.05) is 24.9 Å². The molecule has 0 aliphatic heterocycles. The van der Waals surface area contributed by atoms with Crippen LogP contribution in [0.5, 0.6) is 11.5 Å². The van der Waals surface area contributed by atoms with Crippen LogP contribution in [-0.4, -0.2) is 41.0 Å². The van der Waals surface area contributed by atoms with E-state index in [1.807, 2.05) is 0 Å². The molecule has 2 N–H and O–H groups in total. The minimum Gasteiger partial charge on any atom is -0.493 e. The standard InChI is InChI=1S/C20H19Cl2N5O4/c1-11-19(20(29)24-15-8-12(21)4-6-14(15)22)25-26-27(11)10-18(28)23-13-5-7-16(30-2)17(9-13)31-3/h4-9H,10H2,1-3H3,(H,23,28)(H,24,29). The number of nitrogens with zero attached hydrogens (tertiary/aromatic N) is 3. The van der Waals surface area contributed by atoms with Gasteiger partial charge in [0.25, 0.3) is 5.91 Å². The van der Waals surface area contributed by atoms with E-state index in [2.05, 4.69) is 20.9 Å². The van der Waals surface area contributed by atoms with Crippen molar-refractivity contribution in [3.63, 3.8) is 0 Å². The lowest BCUT2D eigenvalue weighted by molar-refractivity contribution is -0.117. The molecule has 0 bridgehead atoms. The Labute approximate surface area is 188 Å². The molecule has 162 valence electrons. The number of hydrogen-bond acceptors (Lipinski definition) is 6. The van der Waals surface area contributed by atoms with E-state index in [0.717, 1.165) is 0 Å². The highest BCUT2D eigenvalue weighted by molar-refractivity contribution is 6.35. The second-order valence-electron chi connectivity index (χ2n) is 6.38.